The van der Waals surface area contributed by atoms with Crippen molar-refractivity contribution in [2.75, 3.05) is 0 Å². The Morgan fingerprint density at radius 1 is 1.18 bits per heavy atom. The number of halogens is 3. The molecule has 2 aromatic rings. The summed E-state index contributed by atoms with van der Waals surface area (Å²) < 4.78 is 40.9. The van der Waals surface area contributed by atoms with E-state index in [1.165, 1.54) is 12.1 Å². The molecule has 2 rings (SSSR count). The lowest BCUT2D eigenvalue weighted by molar-refractivity contribution is -0.137. The molecule has 0 fully saturated rings. The average molecular weight is 260 g/mol. The molecule has 1 heterocycles. The molecule has 17 heavy (non-hydrogen) atoms. The van der Waals surface area contributed by atoms with Crippen molar-refractivity contribution in [2.45, 2.75) is 12.8 Å². The number of hydrogen-bond donors (Lipinski definition) is 1. The largest absolute Gasteiger partial charge is 0.416 e. The van der Waals surface area contributed by atoms with Crippen LogP contribution in [0.1, 0.15) is 10.6 Å². The standard InChI is InChI=1S/C10H7F3N2OS/c11-10(12,13)7-3-1-6(2-4-7)9-14-8(5-16)17-15-9/h1-4,16H,5H2. The van der Waals surface area contributed by atoms with Gasteiger partial charge in [0.15, 0.2) is 5.82 Å². The van der Waals surface area contributed by atoms with E-state index in [2.05, 4.69) is 9.36 Å². The van der Waals surface area contributed by atoms with Gasteiger partial charge in [0, 0.05) is 5.56 Å². The lowest BCUT2D eigenvalue weighted by Gasteiger charge is -2.06. The zero-order chi connectivity index (χ0) is 12.5. The fourth-order valence-corrected chi connectivity index (χ4v) is 1.77. The number of nitrogens with zero attached hydrogens (tertiary/aromatic N) is 2. The van der Waals surface area contributed by atoms with Gasteiger partial charge in [-0.15, -0.1) is 0 Å². The fourth-order valence-electron chi connectivity index (χ4n) is 1.24. The summed E-state index contributed by atoms with van der Waals surface area (Å²) in [6, 6.07) is 4.59. The topological polar surface area (TPSA) is 46.0 Å². The van der Waals surface area contributed by atoms with Crippen LogP contribution in [0, 0.1) is 0 Å². The third-order valence-corrected chi connectivity index (χ3v) is 2.77. The van der Waals surface area contributed by atoms with Crippen LogP contribution in [-0.2, 0) is 12.8 Å². The van der Waals surface area contributed by atoms with E-state index < -0.39 is 11.7 Å². The molecular formula is C10H7F3N2OS. The minimum atomic E-state index is -4.34. The molecule has 0 aliphatic heterocycles. The number of rotatable bonds is 2. The molecule has 7 heteroatoms. The van der Waals surface area contributed by atoms with E-state index in [0.29, 0.717) is 16.4 Å². The van der Waals surface area contributed by atoms with E-state index in [9.17, 15) is 13.2 Å². The maximum atomic E-state index is 12.3. The third-order valence-electron chi connectivity index (χ3n) is 2.07. The Hall–Kier alpha value is -1.47. The summed E-state index contributed by atoms with van der Waals surface area (Å²) >= 11 is 1.02. The molecule has 0 saturated heterocycles. The van der Waals surface area contributed by atoms with Crippen molar-refractivity contribution in [3.63, 3.8) is 0 Å². The van der Waals surface area contributed by atoms with Crippen LogP contribution in [0.4, 0.5) is 13.2 Å². The Morgan fingerprint density at radius 2 is 1.82 bits per heavy atom. The number of aliphatic hydroxyl groups is 1. The van der Waals surface area contributed by atoms with Crippen molar-refractivity contribution in [3.05, 3.63) is 34.8 Å². The molecule has 1 aromatic carbocycles. The maximum Gasteiger partial charge on any atom is 0.416 e. The van der Waals surface area contributed by atoms with E-state index in [1.54, 1.807) is 0 Å². The van der Waals surface area contributed by atoms with E-state index in [-0.39, 0.29) is 6.61 Å². The first-order valence-electron chi connectivity index (χ1n) is 4.62. The predicted octanol–water partition coefficient (Wildman–Crippen LogP) is 2.72. The van der Waals surface area contributed by atoms with Crippen LogP contribution >= 0.6 is 11.5 Å². The van der Waals surface area contributed by atoms with Crippen LogP contribution in [0.15, 0.2) is 24.3 Å². The number of hydrogen-bond acceptors (Lipinski definition) is 4. The molecule has 90 valence electrons. The highest BCUT2D eigenvalue weighted by atomic mass is 32.1. The average Bonchev–Trinajstić information content (AvgIpc) is 2.76. The van der Waals surface area contributed by atoms with Crippen LogP contribution < -0.4 is 0 Å². The Labute approximate surface area is 98.7 Å². The highest BCUT2D eigenvalue weighted by molar-refractivity contribution is 7.05. The van der Waals surface area contributed by atoms with Gasteiger partial charge in [0.25, 0.3) is 0 Å². The number of aliphatic hydroxyl groups excluding tert-OH is 1. The fraction of sp³-hybridized carbons (Fsp3) is 0.200. The number of alkyl halides is 3. The summed E-state index contributed by atoms with van der Waals surface area (Å²) in [5.41, 5.74) is -0.215. The molecule has 0 saturated carbocycles. The van der Waals surface area contributed by atoms with E-state index >= 15 is 0 Å². The maximum absolute atomic E-state index is 12.3. The highest BCUT2D eigenvalue weighted by Crippen LogP contribution is 2.30. The molecule has 1 N–H and O–H groups in total. The van der Waals surface area contributed by atoms with Crippen LogP contribution in [0.2, 0.25) is 0 Å². The molecule has 0 aliphatic rings. The molecule has 0 spiro atoms. The van der Waals surface area contributed by atoms with Crippen LogP contribution in [0.25, 0.3) is 11.4 Å². The van der Waals surface area contributed by atoms with Crippen LogP contribution in [0.3, 0.4) is 0 Å². The summed E-state index contributed by atoms with van der Waals surface area (Å²) in [6.45, 7) is -0.224. The molecule has 0 unspecified atom stereocenters. The minimum Gasteiger partial charge on any atom is -0.389 e. The van der Waals surface area contributed by atoms with Gasteiger partial charge >= 0.3 is 6.18 Å². The molecule has 0 atom stereocenters. The lowest BCUT2D eigenvalue weighted by atomic mass is 10.1. The first-order valence-corrected chi connectivity index (χ1v) is 5.39. The van der Waals surface area contributed by atoms with Gasteiger partial charge in [-0.3, -0.25) is 0 Å². The summed E-state index contributed by atoms with van der Waals surface area (Å²) in [6.07, 6.45) is -4.34. The van der Waals surface area contributed by atoms with E-state index in [1.807, 2.05) is 0 Å². The van der Waals surface area contributed by atoms with Gasteiger partial charge < -0.3 is 5.11 Å². The van der Waals surface area contributed by atoms with Gasteiger partial charge in [0.05, 0.1) is 12.2 Å². The number of benzene rings is 1. The molecule has 0 amide bonds. The van der Waals surface area contributed by atoms with Gasteiger partial charge in [-0.05, 0) is 23.7 Å². The van der Waals surface area contributed by atoms with Gasteiger partial charge in [-0.2, -0.15) is 17.5 Å². The summed E-state index contributed by atoms with van der Waals surface area (Å²) in [5.74, 6) is 0.327. The molecule has 1 aromatic heterocycles. The molecule has 3 nitrogen and oxygen atoms in total. The second-order valence-corrected chi connectivity index (χ2v) is 4.08. The second kappa shape index (κ2) is 4.42. The molecule has 0 bridgehead atoms. The molecular weight excluding hydrogens is 253 g/mol. The second-order valence-electron chi connectivity index (χ2n) is 3.24. The highest BCUT2D eigenvalue weighted by Gasteiger charge is 2.30. The third kappa shape index (κ3) is 2.62. The zero-order valence-electron chi connectivity index (χ0n) is 8.40. The first-order chi connectivity index (χ1) is 8.00. The van der Waals surface area contributed by atoms with Gasteiger partial charge in [-0.25, -0.2) is 4.98 Å². The van der Waals surface area contributed by atoms with Crippen molar-refractivity contribution in [3.8, 4) is 11.4 Å². The monoisotopic (exact) mass is 260 g/mol. The zero-order valence-corrected chi connectivity index (χ0v) is 9.22. The predicted molar refractivity (Wildman–Crippen MR) is 56.3 cm³/mol. The van der Waals surface area contributed by atoms with Gasteiger partial charge in [0.2, 0.25) is 0 Å². The molecule has 0 radical (unpaired) electrons. The Bertz CT molecular complexity index is 507. The SMILES string of the molecule is OCc1nc(-c2ccc(C(F)(F)F)cc2)ns1. The van der Waals surface area contributed by atoms with Crippen molar-refractivity contribution in [1.29, 1.82) is 0 Å². The smallest absolute Gasteiger partial charge is 0.389 e. The minimum absolute atomic E-state index is 0.224. The van der Waals surface area contributed by atoms with E-state index in [0.717, 1.165) is 23.7 Å². The van der Waals surface area contributed by atoms with Gasteiger partial charge in [0.1, 0.15) is 5.01 Å². The van der Waals surface area contributed by atoms with Crippen molar-refractivity contribution < 1.29 is 18.3 Å². The van der Waals surface area contributed by atoms with Crippen molar-refractivity contribution in [1.82, 2.24) is 9.36 Å². The Balaban J connectivity index is 2.29. The summed E-state index contributed by atoms with van der Waals surface area (Å²) in [5, 5.41) is 9.24. The van der Waals surface area contributed by atoms with Crippen LogP contribution in [-0.4, -0.2) is 14.5 Å². The quantitative estimate of drug-likeness (QED) is 0.903. The Morgan fingerprint density at radius 3 is 2.29 bits per heavy atom. The molecule has 0 aliphatic carbocycles. The van der Waals surface area contributed by atoms with Crippen LogP contribution in [0.5, 0.6) is 0 Å². The van der Waals surface area contributed by atoms with Crippen molar-refractivity contribution in [2.24, 2.45) is 0 Å². The Kier molecular flexibility index (Phi) is 3.12. The van der Waals surface area contributed by atoms with Gasteiger partial charge in [-0.1, -0.05) is 12.1 Å². The summed E-state index contributed by atoms with van der Waals surface area (Å²) in [7, 11) is 0. The summed E-state index contributed by atoms with van der Waals surface area (Å²) in [4.78, 5) is 3.97. The lowest BCUT2D eigenvalue weighted by Crippen LogP contribution is -2.04. The first kappa shape index (κ1) is 12.0. The van der Waals surface area contributed by atoms with Crippen molar-refractivity contribution >= 4 is 11.5 Å². The van der Waals surface area contributed by atoms with E-state index in [4.69, 9.17) is 5.11 Å². The number of aromatic nitrogens is 2. The normalized spacial score (nSPS) is 11.8.